The lowest BCUT2D eigenvalue weighted by molar-refractivity contribution is -0.109. The lowest BCUT2D eigenvalue weighted by atomic mass is 10.0. The second-order valence-corrected chi connectivity index (χ2v) is 6.93. The molecule has 0 spiro atoms. The summed E-state index contributed by atoms with van der Waals surface area (Å²) in [6.07, 6.45) is 1.08. The molecule has 0 bridgehead atoms. The summed E-state index contributed by atoms with van der Waals surface area (Å²) in [5.74, 6) is 1.10. The molecule has 18 heavy (non-hydrogen) atoms. The van der Waals surface area contributed by atoms with Gasteiger partial charge in [0.25, 0.3) is 0 Å². The van der Waals surface area contributed by atoms with E-state index < -0.39 is 0 Å². The predicted octanol–water partition coefficient (Wildman–Crippen LogP) is 4.66. The number of benzene rings is 2. The van der Waals surface area contributed by atoms with Crippen LogP contribution >= 0.6 is 23.5 Å². The quantitative estimate of drug-likeness (QED) is 0.753. The Balaban J connectivity index is 2.13. The SMILES string of the molecule is CC(=O)SC1CCSc2c1ccc1ccccc21. The highest BCUT2D eigenvalue weighted by Gasteiger charge is 2.23. The fraction of sp³-hybridized carbons (Fsp3) is 0.267. The molecule has 1 nitrogen and oxygen atoms in total. The molecule has 1 aliphatic heterocycles. The Labute approximate surface area is 115 Å². The standard InChI is InChI=1S/C15H14OS2/c1-10(16)18-14-8-9-17-15-12-5-3-2-4-11(12)6-7-13(14)15/h2-7,14H,8-9H2,1H3. The Hall–Kier alpha value is -0.930. The molecule has 1 atom stereocenters. The maximum atomic E-state index is 11.3. The van der Waals surface area contributed by atoms with Crippen molar-refractivity contribution in [3.63, 3.8) is 0 Å². The van der Waals surface area contributed by atoms with Crippen molar-refractivity contribution in [2.75, 3.05) is 5.75 Å². The molecule has 0 saturated carbocycles. The van der Waals surface area contributed by atoms with E-state index in [2.05, 4.69) is 36.4 Å². The van der Waals surface area contributed by atoms with E-state index in [1.165, 1.54) is 33.0 Å². The zero-order valence-corrected chi connectivity index (χ0v) is 11.8. The van der Waals surface area contributed by atoms with Crippen molar-refractivity contribution >= 4 is 39.4 Å². The molecule has 92 valence electrons. The maximum Gasteiger partial charge on any atom is 0.186 e. The molecule has 1 unspecified atom stereocenters. The molecule has 2 aromatic rings. The molecule has 1 heterocycles. The molecule has 0 amide bonds. The van der Waals surface area contributed by atoms with Crippen LogP contribution in [0.25, 0.3) is 10.8 Å². The first-order valence-electron chi connectivity index (χ1n) is 6.07. The van der Waals surface area contributed by atoms with Crippen molar-refractivity contribution in [1.82, 2.24) is 0 Å². The second-order valence-electron chi connectivity index (χ2n) is 4.44. The summed E-state index contributed by atoms with van der Waals surface area (Å²) in [6.45, 7) is 1.66. The van der Waals surface area contributed by atoms with Gasteiger partial charge in [-0.3, -0.25) is 4.79 Å². The fourth-order valence-corrected chi connectivity index (χ4v) is 4.88. The number of carbonyl (C=O) groups is 1. The monoisotopic (exact) mass is 274 g/mol. The molecule has 0 N–H and O–H groups in total. The smallest absolute Gasteiger partial charge is 0.186 e. The van der Waals surface area contributed by atoms with Crippen LogP contribution in [0.1, 0.15) is 24.2 Å². The summed E-state index contributed by atoms with van der Waals surface area (Å²) in [6, 6.07) is 12.9. The normalized spacial score (nSPS) is 18.6. The van der Waals surface area contributed by atoms with Crippen LogP contribution in [0, 0.1) is 0 Å². The van der Waals surface area contributed by atoms with Crippen LogP contribution in [-0.2, 0) is 4.79 Å². The van der Waals surface area contributed by atoms with E-state index >= 15 is 0 Å². The van der Waals surface area contributed by atoms with Gasteiger partial charge in [-0.2, -0.15) is 0 Å². The Morgan fingerprint density at radius 3 is 2.94 bits per heavy atom. The minimum Gasteiger partial charge on any atom is -0.288 e. The van der Waals surface area contributed by atoms with Crippen molar-refractivity contribution in [2.45, 2.75) is 23.5 Å². The molecular formula is C15H14OS2. The van der Waals surface area contributed by atoms with Gasteiger partial charge in [-0.25, -0.2) is 0 Å². The molecule has 0 saturated heterocycles. The largest absolute Gasteiger partial charge is 0.288 e. The van der Waals surface area contributed by atoms with Gasteiger partial charge in [0.1, 0.15) is 0 Å². The van der Waals surface area contributed by atoms with E-state index in [0.717, 1.165) is 12.2 Å². The maximum absolute atomic E-state index is 11.3. The van der Waals surface area contributed by atoms with Gasteiger partial charge < -0.3 is 0 Å². The van der Waals surface area contributed by atoms with Crippen molar-refractivity contribution in [1.29, 1.82) is 0 Å². The molecular weight excluding hydrogens is 260 g/mol. The lowest BCUT2D eigenvalue weighted by Crippen LogP contribution is -2.06. The first-order chi connectivity index (χ1) is 8.75. The van der Waals surface area contributed by atoms with E-state index in [0.29, 0.717) is 5.25 Å². The average molecular weight is 274 g/mol. The first kappa shape index (κ1) is 12.1. The number of thioether (sulfide) groups is 2. The van der Waals surface area contributed by atoms with E-state index in [1.807, 2.05) is 11.8 Å². The highest BCUT2D eigenvalue weighted by Crippen LogP contribution is 2.46. The summed E-state index contributed by atoms with van der Waals surface area (Å²) >= 11 is 3.40. The topological polar surface area (TPSA) is 17.1 Å². The number of carbonyl (C=O) groups excluding carboxylic acids is 1. The highest BCUT2D eigenvalue weighted by atomic mass is 32.2. The first-order valence-corrected chi connectivity index (χ1v) is 7.94. The van der Waals surface area contributed by atoms with Crippen LogP contribution in [0.3, 0.4) is 0 Å². The van der Waals surface area contributed by atoms with Gasteiger partial charge in [-0.1, -0.05) is 48.2 Å². The minimum atomic E-state index is 0.214. The molecule has 0 aliphatic carbocycles. The average Bonchev–Trinajstić information content (AvgIpc) is 2.38. The third-order valence-corrected chi connectivity index (χ3v) is 5.48. The molecule has 1 aliphatic rings. The van der Waals surface area contributed by atoms with Gasteiger partial charge in [0.15, 0.2) is 5.12 Å². The molecule has 0 fully saturated rings. The van der Waals surface area contributed by atoms with Gasteiger partial charge in [-0.05, 0) is 28.5 Å². The van der Waals surface area contributed by atoms with E-state index in [9.17, 15) is 4.79 Å². The number of fused-ring (bicyclic) bond motifs is 3. The highest BCUT2D eigenvalue weighted by molar-refractivity contribution is 8.13. The summed E-state index contributed by atoms with van der Waals surface area (Å²) in [5.41, 5.74) is 1.34. The predicted molar refractivity (Wildman–Crippen MR) is 80.3 cm³/mol. The van der Waals surface area contributed by atoms with E-state index in [1.54, 1.807) is 6.92 Å². The summed E-state index contributed by atoms with van der Waals surface area (Å²) in [4.78, 5) is 12.7. The van der Waals surface area contributed by atoms with E-state index in [-0.39, 0.29) is 5.12 Å². The van der Waals surface area contributed by atoms with Crippen molar-refractivity contribution in [2.24, 2.45) is 0 Å². The van der Waals surface area contributed by atoms with Crippen molar-refractivity contribution < 1.29 is 4.79 Å². The Kier molecular flexibility index (Phi) is 3.35. The molecule has 0 aromatic heterocycles. The molecule has 0 radical (unpaired) electrons. The van der Waals surface area contributed by atoms with Gasteiger partial charge in [-0.15, -0.1) is 11.8 Å². The van der Waals surface area contributed by atoms with E-state index in [4.69, 9.17) is 0 Å². The van der Waals surface area contributed by atoms with Crippen LogP contribution in [0.5, 0.6) is 0 Å². The number of hydrogen-bond donors (Lipinski definition) is 0. The third kappa shape index (κ3) is 2.17. The summed E-state index contributed by atoms with van der Waals surface area (Å²) in [5, 5.41) is 3.17. The zero-order chi connectivity index (χ0) is 12.5. The van der Waals surface area contributed by atoms with Gasteiger partial charge in [0, 0.05) is 17.1 Å². The molecule has 3 rings (SSSR count). The fourth-order valence-electron chi connectivity index (χ4n) is 2.42. The minimum absolute atomic E-state index is 0.214. The summed E-state index contributed by atoms with van der Waals surface area (Å²) < 4.78 is 0. The Morgan fingerprint density at radius 2 is 2.11 bits per heavy atom. The van der Waals surface area contributed by atoms with Crippen LogP contribution in [0.15, 0.2) is 41.3 Å². The Bertz CT molecular complexity index is 606. The van der Waals surface area contributed by atoms with Crippen LogP contribution in [0.4, 0.5) is 0 Å². The van der Waals surface area contributed by atoms with Crippen LogP contribution in [-0.4, -0.2) is 10.9 Å². The summed E-state index contributed by atoms with van der Waals surface area (Å²) in [7, 11) is 0. The Morgan fingerprint density at radius 1 is 1.28 bits per heavy atom. The molecule has 2 aromatic carbocycles. The molecule has 3 heteroatoms. The van der Waals surface area contributed by atoms with Gasteiger partial charge >= 0.3 is 0 Å². The van der Waals surface area contributed by atoms with Gasteiger partial charge in [0.05, 0.1) is 0 Å². The van der Waals surface area contributed by atoms with Crippen LogP contribution in [0.2, 0.25) is 0 Å². The number of hydrogen-bond acceptors (Lipinski definition) is 3. The second kappa shape index (κ2) is 4.98. The van der Waals surface area contributed by atoms with Crippen molar-refractivity contribution in [3.05, 3.63) is 42.0 Å². The zero-order valence-electron chi connectivity index (χ0n) is 10.2. The lowest BCUT2D eigenvalue weighted by Gasteiger charge is -2.24. The van der Waals surface area contributed by atoms with Gasteiger partial charge in [0.2, 0.25) is 0 Å². The number of rotatable bonds is 1. The van der Waals surface area contributed by atoms with Crippen LogP contribution < -0.4 is 0 Å². The van der Waals surface area contributed by atoms with Crippen molar-refractivity contribution in [3.8, 4) is 0 Å². The third-order valence-electron chi connectivity index (χ3n) is 3.19.